The van der Waals surface area contributed by atoms with Crippen LogP contribution in [0.2, 0.25) is 0 Å². The van der Waals surface area contributed by atoms with Crippen molar-refractivity contribution in [3.05, 3.63) is 54.1 Å². The summed E-state index contributed by atoms with van der Waals surface area (Å²) in [7, 11) is 1.68. The van der Waals surface area contributed by atoms with Crippen LogP contribution in [0.5, 0.6) is 11.5 Å². The van der Waals surface area contributed by atoms with Gasteiger partial charge < -0.3 is 20.1 Å². The lowest BCUT2D eigenvalue weighted by Crippen LogP contribution is -2.30. The molecule has 5 heteroatoms. The zero-order chi connectivity index (χ0) is 16.5. The third-order valence-electron chi connectivity index (χ3n) is 3.31. The minimum absolute atomic E-state index is 0.576. The predicted octanol–water partition coefficient (Wildman–Crippen LogP) is 3.62. The second-order valence-electron chi connectivity index (χ2n) is 4.87. The Kier molecular flexibility index (Phi) is 6.69. The maximum Gasteiger partial charge on any atom is 0.170 e. The van der Waals surface area contributed by atoms with E-state index in [2.05, 4.69) is 16.7 Å². The van der Waals surface area contributed by atoms with Crippen LogP contribution < -0.4 is 20.1 Å². The molecule has 2 rings (SSSR count). The molecule has 122 valence electrons. The van der Waals surface area contributed by atoms with E-state index in [1.165, 1.54) is 0 Å². The van der Waals surface area contributed by atoms with Crippen molar-refractivity contribution in [1.29, 1.82) is 0 Å². The molecule has 2 N–H and O–H groups in total. The van der Waals surface area contributed by atoms with Crippen molar-refractivity contribution in [2.24, 2.45) is 0 Å². The number of hydrogen-bond acceptors (Lipinski definition) is 3. The first-order valence-electron chi connectivity index (χ1n) is 7.63. The van der Waals surface area contributed by atoms with E-state index in [0.717, 1.165) is 35.7 Å². The van der Waals surface area contributed by atoms with Gasteiger partial charge in [-0.05, 0) is 49.3 Å². The molecule has 0 atom stereocenters. The molecule has 2 aromatic rings. The summed E-state index contributed by atoms with van der Waals surface area (Å²) in [5, 5.41) is 6.96. The van der Waals surface area contributed by atoms with Gasteiger partial charge in [0.25, 0.3) is 0 Å². The fourth-order valence-corrected chi connectivity index (χ4v) is 2.45. The Morgan fingerprint density at radius 1 is 1.04 bits per heavy atom. The Hall–Kier alpha value is -2.27. The number of benzene rings is 2. The monoisotopic (exact) mass is 330 g/mol. The fourth-order valence-electron chi connectivity index (χ4n) is 2.24. The third-order valence-corrected chi connectivity index (χ3v) is 3.55. The van der Waals surface area contributed by atoms with Gasteiger partial charge in [0, 0.05) is 6.54 Å². The number of ether oxygens (including phenoxy) is 2. The van der Waals surface area contributed by atoms with Gasteiger partial charge in [-0.25, -0.2) is 0 Å². The van der Waals surface area contributed by atoms with Gasteiger partial charge in [-0.1, -0.05) is 30.3 Å². The van der Waals surface area contributed by atoms with Crippen LogP contribution in [-0.4, -0.2) is 25.4 Å². The molecule has 0 aliphatic rings. The van der Waals surface area contributed by atoms with Crippen molar-refractivity contribution in [2.45, 2.75) is 13.3 Å². The Balaban J connectivity index is 1.86. The first-order valence-corrected chi connectivity index (χ1v) is 8.04. The van der Waals surface area contributed by atoms with Gasteiger partial charge in [-0.2, -0.15) is 0 Å². The highest BCUT2D eigenvalue weighted by Gasteiger charge is 2.05. The van der Waals surface area contributed by atoms with Crippen LogP contribution in [0, 0.1) is 0 Å². The van der Waals surface area contributed by atoms with Crippen molar-refractivity contribution < 1.29 is 9.47 Å². The van der Waals surface area contributed by atoms with Crippen LogP contribution in [0.1, 0.15) is 12.5 Å². The van der Waals surface area contributed by atoms with Crippen molar-refractivity contribution in [1.82, 2.24) is 5.32 Å². The van der Waals surface area contributed by atoms with Crippen LogP contribution >= 0.6 is 12.2 Å². The second kappa shape index (κ2) is 9.00. The second-order valence-corrected chi connectivity index (χ2v) is 5.28. The minimum Gasteiger partial charge on any atom is -0.496 e. The summed E-state index contributed by atoms with van der Waals surface area (Å²) in [4.78, 5) is 0. The summed E-state index contributed by atoms with van der Waals surface area (Å²) in [6, 6.07) is 15.7. The number of hydrogen-bond donors (Lipinski definition) is 2. The van der Waals surface area contributed by atoms with Crippen molar-refractivity contribution >= 4 is 23.0 Å². The maximum absolute atomic E-state index is 5.58. The number of anilines is 1. The molecule has 4 nitrogen and oxygen atoms in total. The highest BCUT2D eigenvalue weighted by Crippen LogP contribution is 2.23. The normalized spacial score (nSPS) is 10.0. The molecule has 0 aliphatic heterocycles. The smallest absolute Gasteiger partial charge is 0.170 e. The SMILES string of the molecule is CCOc1ccccc1NC(=S)NCCc1ccccc1OC. The molecule has 2 aromatic carbocycles. The number of nitrogens with one attached hydrogen (secondary N) is 2. The molecule has 23 heavy (non-hydrogen) atoms. The molecule has 0 radical (unpaired) electrons. The zero-order valence-electron chi connectivity index (χ0n) is 13.5. The van der Waals surface area contributed by atoms with E-state index in [9.17, 15) is 0 Å². The molecule has 0 aliphatic carbocycles. The molecule has 0 heterocycles. The first-order chi connectivity index (χ1) is 11.2. The molecule has 0 spiro atoms. The average molecular weight is 330 g/mol. The molecular formula is C18H22N2O2S. The van der Waals surface area contributed by atoms with Gasteiger partial charge in [0.2, 0.25) is 0 Å². The quantitative estimate of drug-likeness (QED) is 0.759. The number of rotatable bonds is 7. The fraction of sp³-hybridized carbons (Fsp3) is 0.278. The van der Waals surface area contributed by atoms with Gasteiger partial charge in [-0.3, -0.25) is 0 Å². The molecule has 0 saturated heterocycles. The summed E-state index contributed by atoms with van der Waals surface area (Å²) >= 11 is 5.35. The summed E-state index contributed by atoms with van der Waals surface area (Å²) in [6.07, 6.45) is 0.832. The van der Waals surface area contributed by atoms with E-state index in [-0.39, 0.29) is 0 Å². The van der Waals surface area contributed by atoms with E-state index in [0.29, 0.717) is 11.7 Å². The lowest BCUT2D eigenvalue weighted by atomic mass is 10.1. The Bertz CT molecular complexity index is 646. The zero-order valence-corrected chi connectivity index (χ0v) is 14.3. The summed E-state index contributed by atoms with van der Waals surface area (Å²) in [6.45, 7) is 3.30. The highest BCUT2D eigenvalue weighted by atomic mass is 32.1. The molecule has 0 aromatic heterocycles. The van der Waals surface area contributed by atoms with Gasteiger partial charge in [0.15, 0.2) is 5.11 Å². The van der Waals surface area contributed by atoms with Gasteiger partial charge >= 0.3 is 0 Å². The van der Waals surface area contributed by atoms with Gasteiger partial charge in [-0.15, -0.1) is 0 Å². The lowest BCUT2D eigenvalue weighted by molar-refractivity contribution is 0.342. The number of methoxy groups -OCH3 is 1. The van der Waals surface area contributed by atoms with Crippen LogP contribution in [-0.2, 0) is 6.42 Å². The van der Waals surface area contributed by atoms with Crippen LogP contribution in [0.3, 0.4) is 0 Å². The van der Waals surface area contributed by atoms with E-state index in [4.69, 9.17) is 21.7 Å². The van der Waals surface area contributed by atoms with E-state index in [1.807, 2.05) is 49.4 Å². The highest BCUT2D eigenvalue weighted by molar-refractivity contribution is 7.80. The molecular weight excluding hydrogens is 308 g/mol. The Labute approximate surface area is 142 Å². The molecule has 0 bridgehead atoms. The number of para-hydroxylation sites is 3. The Morgan fingerprint density at radius 3 is 2.48 bits per heavy atom. The first kappa shape index (κ1) is 17.1. The van der Waals surface area contributed by atoms with E-state index >= 15 is 0 Å². The van der Waals surface area contributed by atoms with Crippen molar-refractivity contribution in [3.8, 4) is 11.5 Å². The average Bonchev–Trinajstić information content (AvgIpc) is 2.57. The standard InChI is InChI=1S/C18H22N2O2S/c1-3-22-17-11-7-5-9-15(17)20-18(23)19-13-12-14-8-4-6-10-16(14)21-2/h4-11H,3,12-13H2,1-2H3,(H2,19,20,23). The summed E-state index contributed by atoms with van der Waals surface area (Å²) in [5.74, 6) is 1.69. The van der Waals surface area contributed by atoms with Crippen molar-refractivity contribution in [3.63, 3.8) is 0 Å². The largest absolute Gasteiger partial charge is 0.496 e. The maximum atomic E-state index is 5.58. The van der Waals surface area contributed by atoms with E-state index < -0.39 is 0 Å². The molecule has 0 saturated carbocycles. The van der Waals surface area contributed by atoms with Gasteiger partial charge in [0.1, 0.15) is 11.5 Å². The lowest BCUT2D eigenvalue weighted by Gasteiger charge is -2.14. The van der Waals surface area contributed by atoms with E-state index in [1.54, 1.807) is 7.11 Å². The van der Waals surface area contributed by atoms with Crippen LogP contribution in [0.25, 0.3) is 0 Å². The Morgan fingerprint density at radius 2 is 1.74 bits per heavy atom. The third kappa shape index (κ3) is 5.14. The predicted molar refractivity (Wildman–Crippen MR) is 98.5 cm³/mol. The summed E-state index contributed by atoms with van der Waals surface area (Å²) in [5.41, 5.74) is 2.02. The van der Waals surface area contributed by atoms with Gasteiger partial charge in [0.05, 0.1) is 19.4 Å². The van der Waals surface area contributed by atoms with Crippen LogP contribution in [0.4, 0.5) is 5.69 Å². The summed E-state index contributed by atoms with van der Waals surface area (Å²) < 4.78 is 10.9. The molecule has 0 fully saturated rings. The van der Waals surface area contributed by atoms with Crippen molar-refractivity contribution in [2.75, 3.05) is 25.6 Å². The topological polar surface area (TPSA) is 42.5 Å². The molecule has 0 amide bonds. The number of thiocarbonyl (C=S) groups is 1. The van der Waals surface area contributed by atoms with Crippen LogP contribution in [0.15, 0.2) is 48.5 Å². The minimum atomic E-state index is 0.576. The molecule has 0 unspecified atom stereocenters.